The van der Waals surface area contributed by atoms with Gasteiger partial charge in [-0.3, -0.25) is 0 Å². The number of thiophene rings is 1. The highest BCUT2D eigenvalue weighted by Crippen LogP contribution is 2.56. The molecule has 5 heteroatoms. The van der Waals surface area contributed by atoms with E-state index in [9.17, 15) is 15.8 Å². The first-order valence-corrected chi connectivity index (χ1v) is 8.04. The van der Waals surface area contributed by atoms with Crippen LogP contribution >= 0.6 is 11.3 Å². The van der Waals surface area contributed by atoms with Crippen LogP contribution in [-0.4, -0.2) is 0 Å². The number of hydrogen-bond donors (Lipinski definition) is 1. The maximum atomic E-state index is 9.77. The Morgan fingerprint density at radius 2 is 2.05 bits per heavy atom. The first kappa shape index (κ1) is 14.4. The number of nitriles is 3. The number of nitrogens with zero attached hydrogens (tertiary/aromatic N) is 3. The van der Waals surface area contributed by atoms with Crippen LogP contribution in [0.2, 0.25) is 0 Å². The lowest BCUT2D eigenvalue weighted by atomic mass is 9.58. The fraction of sp³-hybridized carbons (Fsp3) is 0.353. The normalized spacial score (nSPS) is 26.1. The lowest BCUT2D eigenvalue weighted by Gasteiger charge is -2.42. The SMILES string of the molecule is N#CC1=C(N)C(C#N)(C#N)[C@@H](c2cccs2)[C@H]2CCCC=C12. The molecule has 2 aliphatic carbocycles. The van der Waals surface area contributed by atoms with E-state index in [1.165, 1.54) is 11.3 Å². The monoisotopic (exact) mass is 306 g/mol. The second-order valence-corrected chi connectivity index (χ2v) is 6.60. The van der Waals surface area contributed by atoms with Crippen LogP contribution in [0.15, 0.2) is 40.4 Å². The van der Waals surface area contributed by atoms with Crippen molar-refractivity contribution in [3.8, 4) is 18.2 Å². The van der Waals surface area contributed by atoms with Crippen molar-refractivity contribution in [1.82, 2.24) is 0 Å². The zero-order valence-corrected chi connectivity index (χ0v) is 12.7. The largest absolute Gasteiger partial charge is 0.399 e. The number of nitrogens with two attached hydrogens (primary N) is 1. The van der Waals surface area contributed by atoms with Crippen molar-refractivity contribution in [1.29, 1.82) is 15.8 Å². The van der Waals surface area contributed by atoms with Crippen molar-refractivity contribution in [3.05, 3.63) is 45.3 Å². The second kappa shape index (κ2) is 5.34. The zero-order valence-electron chi connectivity index (χ0n) is 11.9. The molecule has 0 saturated heterocycles. The average molecular weight is 306 g/mol. The third-order valence-electron chi connectivity index (χ3n) is 4.65. The van der Waals surface area contributed by atoms with Crippen LogP contribution in [0, 0.1) is 45.3 Å². The highest BCUT2D eigenvalue weighted by molar-refractivity contribution is 7.10. The third-order valence-corrected chi connectivity index (χ3v) is 5.60. The molecule has 4 nitrogen and oxygen atoms in total. The summed E-state index contributed by atoms with van der Waals surface area (Å²) in [5.74, 6) is -0.292. The number of hydrogen-bond acceptors (Lipinski definition) is 5. The van der Waals surface area contributed by atoms with Gasteiger partial charge >= 0.3 is 0 Å². The molecule has 3 rings (SSSR count). The molecule has 22 heavy (non-hydrogen) atoms. The van der Waals surface area contributed by atoms with Crippen molar-refractivity contribution in [2.75, 3.05) is 0 Å². The molecular formula is C17H14N4S. The molecule has 1 aromatic heterocycles. The molecule has 0 fully saturated rings. The summed E-state index contributed by atoms with van der Waals surface area (Å²) in [6.45, 7) is 0. The maximum absolute atomic E-state index is 9.77. The fourth-order valence-electron chi connectivity index (χ4n) is 3.65. The summed E-state index contributed by atoms with van der Waals surface area (Å²) in [6, 6.07) is 10.3. The Morgan fingerprint density at radius 1 is 1.27 bits per heavy atom. The quantitative estimate of drug-likeness (QED) is 0.860. The van der Waals surface area contributed by atoms with E-state index in [2.05, 4.69) is 24.3 Å². The molecule has 1 heterocycles. The van der Waals surface area contributed by atoms with Crippen molar-refractivity contribution in [2.45, 2.75) is 25.2 Å². The molecule has 0 aliphatic heterocycles. The molecule has 0 saturated carbocycles. The van der Waals surface area contributed by atoms with E-state index in [4.69, 9.17) is 5.73 Å². The van der Waals surface area contributed by atoms with Gasteiger partial charge in [0.2, 0.25) is 0 Å². The Morgan fingerprint density at radius 3 is 2.64 bits per heavy atom. The zero-order chi connectivity index (χ0) is 15.7. The van der Waals surface area contributed by atoms with Gasteiger partial charge in [0.1, 0.15) is 6.07 Å². The van der Waals surface area contributed by atoms with Crippen LogP contribution in [0.3, 0.4) is 0 Å². The molecular weight excluding hydrogens is 292 g/mol. The second-order valence-electron chi connectivity index (χ2n) is 5.62. The summed E-state index contributed by atoms with van der Waals surface area (Å²) >= 11 is 1.54. The van der Waals surface area contributed by atoms with E-state index in [1.54, 1.807) is 0 Å². The van der Waals surface area contributed by atoms with Gasteiger partial charge in [-0.1, -0.05) is 12.1 Å². The molecule has 0 bridgehead atoms. The number of rotatable bonds is 1. The van der Waals surface area contributed by atoms with E-state index in [-0.39, 0.29) is 17.5 Å². The Bertz CT molecular complexity index is 766. The van der Waals surface area contributed by atoms with E-state index in [0.29, 0.717) is 5.57 Å². The molecule has 2 N–H and O–H groups in total. The van der Waals surface area contributed by atoms with Gasteiger partial charge in [-0.05, 0) is 42.2 Å². The van der Waals surface area contributed by atoms with Gasteiger partial charge in [-0.2, -0.15) is 15.8 Å². The Labute approximate surface area is 133 Å². The predicted octanol–water partition coefficient (Wildman–Crippen LogP) is 3.34. The summed E-state index contributed by atoms with van der Waals surface area (Å²) in [4.78, 5) is 0.987. The lowest BCUT2D eigenvalue weighted by molar-refractivity contribution is 0.321. The topological polar surface area (TPSA) is 97.4 Å². The van der Waals surface area contributed by atoms with Gasteiger partial charge in [-0.25, -0.2) is 0 Å². The first-order chi connectivity index (χ1) is 10.7. The van der Waals surface area contributed by atoms with E-state index in [0.717, 1.165) is 29.7 Å². The highest BCUT2D eigenvalue weighted by atomic mass is 32.1. The molecule has 2 atom stereocenters. The minimum absolute atomic E-state index is 0.00801. The van der Waals surface area contributed by atoms with Gasteiger partial charge in [-0.15, -0.1) is 11.3 Å². The average Bonchev–Trinajstić information content (AvgIpc) is 3.08. The van der Waals surface area contributed by atoms with Gasteiger partial charge in [0.15, 0.2) is 5.41 Å². The molecule has 0 spiro atoms. The van der Waals surface area contributed by atoms with E-state index >= 15 is 0 Å². The summed E-state index contributed by atoms with van der Waals surface area (Å²) < 4.78 is 0. The number of fused-ring (bicyclic) bond motifs is 1. The van der Waals surface area contributed by atoms with Gasteiger partial charge in [0.05, 0.1) is 23.4 Å². The Kier molecular flexibility index (Phi) is 3.49. The summed E-state index contributed by atoms with van der Waals surface area (Å²) in [7, 11) is 0. The molecule has 2 aliphatic rings. The summed E-state index contributed by atoms with van der Waals surface area (Å²) in [5.41, 5.74) is 6.08. The van der Waals surface area contributed by atoms with Crippen LogP contribution in [0.4, 0.5) is 0 Å². The van der Waals surface area contributed by atoms with Crippen molar-refractivity contribution >= 4 is 11.3 Å². The smallest absolute Gasteiger partial charge is 0.192 e. The fourth-order valence-corrected chi connectivity index (χ4v) is 4.61. The first-order valence-electron chi connectivity index (χ1n) is 7.16. The standard InChI is InChI=1S/C17H14N4S/c18-8-13-11-4-1-2-5-12(11)15(14-6-3-7-22-14)17(9-19,10-20)16(13)21/h3-4,6-7,12,15H,1-2,5,21H2/t12-,15+/m0/s1. The Balaban J connectivity index is 2.33. The van der Waals surface area contributed by atoms with E-state index in [1.807, 2.05) is 17.5 Å². The minimum atomic E-state index is -1.46. The van der Waals surface area contributed by atoms with Gasteiger partial charge < -0.3 is 5.73 Å². The predicted molar refractivity (Wildman–Crippen MR) is 83.0 cm³/mol. The molecule has 0 aromatic carbocycles. The van der Waals surface area contributed by atoms with Crippen LogP contribution in [0.1, 0.15) is 30.1 Å². The lowest BCUT2D eigenvalue weighted by Crippen LogP contribution is -2.42. The molecule has 0 unspecified atom stereocenters. The highest BCUT2D eigenvalue weighted by Gasteiger charge is 2.54. The number of allylic oxidation sites excluding steroid dienone is 4. The van der Waals surface area contributed by atoms with Gasteiger partial charge in [0, 0.05) is 10.8 Å². The van der Waals surface area contributed by atoms with Crippen LogP contribution in [-0.2, 0) is 0 Å². The molecule has 0 amide bonds. The van der Waals surface area contributed by atoms with Crippen LogP contribution < -0.4 is 5.73 Å². The molecule has 108 valence electrons. The minimum Gasteiger partial charge on any atom is -0.399 e. The molecule has 0 radical (unpaired) electrons. The van der Waals surface area contributed by atoms with Crippen LogP contribution in [0.5, 0.6) is 0 Å². The summed E-state index contributed by atoms with van der Waals surface area (Å²) in [6.07, 6.45) is 4.84. The van der Waals surface area contributed by atoms with E-state index < -0.39 is 5.41 Å². The van der Waals surface area contributed by atoms with Gasteiger partial charge in [0.25, 0.3) is 0 Å². The van der Waals surface area contributed by atoms with Crippen molar-refractivity contribution in [3.63, 3.8) is 0 Å². The third kappa shape index (κ3) is 1.78. The van der Waals surface area contributed by atoms with Crippen molar-refractivity contribution in [2.24, 2.45) is 17.1 Å². The van der Waals surface area contributed by atoms with Crippen LogP contribution in [0.25, 0.3) is 0 Å². The summed E-state index contributed by atoms with van der Waals surface area (Å²) in [5, 5.41) is 31.0. The molecule has 1 aromatic rings. The Hall–Kier alpha value is -2.55. The maximum Gasteiger partial charge on any atom is 0.192 e. The van der Waals surface area contributed by atoms with Crippen molar-refractivity contribution < 1.29 is 0 Å².